The smallest absolute Gasteiger partial charge is 0.257 e. The van der Waals surface area contributed by atoms with Gasteiger partial charge in [-0.15, -0.1) is 0 Å². The zero-order chi connectivity index (χ0) is 23.5. The largest absolute Gasteiger partial charge is 0.484 e. The van der Waals surface area contributed by atoms with Crippen LogP contribution in [0.5, 0.6) is 11.6 Å². The number of ether oxygens (including phenoxy) is 2. The summed E-state index contributed by atoms with van der Waals surface area (Å²) in [5.74, 6) is 1.84. The normalized spacial score (nSPS) is 14.6. The molecule has 0 fully saturated rings. The lowest BCUT2D eigenvalue weighted by atomic mass is 10.00. The first-order valence-electron chi connectivity index (χ1n) is 11.0. The molecule has 1 N–H and O–H groups in total. The van der Waals surface area contributed by atoms with E-state index in [0.29, 0.717) is 48.2 Å². The van der Waals surface area contributed by atoms with Gasteiger partial charge in [0.1, 0.15) is 36.7 Å². The molecule has 0 radical (unpaired) electrons. The molecule has 1 aliphatic rings. The Morgan fingerprint density at radius 2 is 1.94 bits per heavy atom. The fraction of sp³-hybridized carbons (Fsp3) is 0.280. The lowest BCUT2D eigenvalue weighted by Crippen LogP contribution is -2.21. The van der Waals surface area contributed by atoms with E-state index >= 15 is 0 Å². The van der Waals surface area contributed by atoms with Crippen molar-refractivity contribution in [1.82, 2.24) is 19.9 Å². The van der Waals surface area contributed by atoms with Crippen LogP contribution in [0.4, 0.5) is 10.2 Å². The Hall–Kier alpha value is -3.46. The molecule has 9 heteroatoms. The third-order valence-corrected chi connectivity index (χ3v) is 7.00. The Morgan fingerprint density at radius 3 is 2.82 bits per heavy atom. The summed E-state index contributed by atoms with van der Waals surface area (Å²) < 4.78 is 26.1. The topological polar surface area (TPSA) is 82.0 Å². The van der Waals surface area contributed by atoms with Crippen LogP contribution < -0.4 is 14.8 Å². The van der Waals surface area contributed by atoms with Gasteiger partial charge in [-0.2, -0.15) is 11.8 Å². The summed E-state index contributed by atoms with van der Waals surface area (Å²) >= 11 is 1.76. The van der Waals surface area contributed by atoms with Crippen LogP contribution in [0.25, 0.3) is 22.2 Å². The van der Waals surface area contributed by atoms with E-state index in [1.54, 1.807) is 30.2 Å². The number of hydrogen-bond donors (Lipinski definition) is 1. The summed E-state index contributed by atoms with van der Waals surface area (Å²) in [6, 6.07) is 10.8. The Kier molecular flexibility index (Phi) is 6.44. The highest BCUT2D eigenvalue weighted by molar-refractivity contribution is 7.98. The van der Waals surface area contributed by atoms with Crippen molar-refractivity contribution < 1.29 is 13.9 Å². The Morgan fingerprint density at radius 1 is 1.06 bits per heavy atom. The van der Waals surface area contributed by atoms with Crippen molar-refractivity contribution in [2.45, 2.75) is 12.2 Å². The number of benzene rings is 1. The van der Waals surface area contributed by atoms with Crippen LogP contribution in [-0.4, -0.2) is 46.0 Å². The van der Waals surface area contributed by atoms with Gasteiger partial charge in [-0.3, -0.25) is 4.98 Å². The van der Waals surface area contributed by atoms with Crippen molar-refractivity contribution >= 4 is 28.5 Å². The number of nitrogens with one attached hydrogen (secondary N) is 1. The minimum Gasteiger partial charge on any atom is -0.484 e. The molecule has 0 saturated carbocycles. The average molecular weight is 478 g/mol. The number of fused-ring (bicyclic) bond motifs is 2. The maximum Gasteiger partial charge on any atom is 0.257 e. The van der Waals surface area contributed by atoms with Crippen LogP contribution >= 0.6 is 11.8 Å². The number of aromatic nitrogens is 4. The van der Waals surface area contributed by atoms with E-state index in [2.05, 4.69) is 38.4 Å². The fourth-order valence-corrected chi connectivity index (χ4v) is 5.14. The highest BCUT2D eigenvalue weighted by Gasteiger charge is 2.26. The van der Waals surface area contributed by atoms with E-state index in [1.165, 1.54) is 12.4 Å². The quantitative estimate of drug-likeness (QED) is 0.391. The van der Waals surface area contributed by atoms with Crippen LogP contribution in [0.2, 0.25) is 0 Å². The highest BCUT2D eigenvalue weighted by Crippen LogP contribution is 2.43. The van der Waals surface area contributed by atoms with Crippen LogP contribution in [-0.2, 0) is 0 Å². The molecule has 7 nitrogen and oxygen atoms in total. The summed E-state index contributed by atoms with van der Waals surface area (Å²) in [5, 5.41) is 4.32. The number of pyridine rings is 2. The minimum atomic E-state index is -0.371. The van der Waals surface area contributed by atoms with Gasteiger partial charge in [0.25, 0.3) is 5.88 Å². The molecule has 4 heterocycles. The number of halogens is 1. The van der Waals surface area contributed by atoms with Crippen LogP contribution in [0.3, 0.4) is 0 Å². The van der Waals surface area contributed by atoms with Gasteiger partial charge in [-0.25, -0.2) is 19.3 Å². The molecule has 3 aromatic heterocycles. The molecule has 0 saturated heterocycles. The van der Waals surface area contributed by atoms with E-state index in [9.17, 15) is 4.39 Å². The van der Waals surface area contributed by atoms with Crippen molar-refractivity contribution in [3.8, 4) is 22.9 Å². The van der Waals surface area contributed by atoms with Gasteiger partial charge in [0.15, 0.2) is 5.75 Å². The van der Waals surface area contributed by atoms with Gasteiger partial charge in [-0.1, -0.05) is 13.0 Å². The summed E-state index contributed by atoms with van der Waals surface area (Å²) in [7, 11) is 0. The predicted molar refractivity (Wildman–Crippen MR) is 132 cm³/mol. The summed E-state index contributed by atoms with van der Waals surface area (Å²) in [6.07, 6.45) is 6.93. The number of hydrogen-bond acceptors (Lipinski definition) is 8. The predicted octanol–water partition coefficient (Wildman–Crippen LogP) is 5.15. The van der Waals surface area contributed by atoms with Gasteiger partial charge in [0.2, 0.25) is 0 Å². The first-order chi connectivity index (χ1) is 16.6. The monoisotopic (exact) mass is 477 g/mol. The number of nitrogens with zero attached hydrogens (tertiary/aromatic N) is 4. The zero-order valence-electron chi connectivity index (χ0n) is 18.9. The molecule has 0 bridgehead atoms. The first-order valence-corrected chi connectivity index (χ1v) is 12.3. The van der Waals surface area contributed by atoms with Crippen LogP contribution in [0.15, 0.2) is 55.1 Å². The fourth-order valence-electron chi connectivity index (χ4n) is 4.14. The maximum atomic E-state index is 14.5. The minimum absolute atomic E-state index is 0.175. The van der Waals surface area contributed by atoms with Crippen LogP contribution in [0, 0.1) is 11.7 Å². The van der Waals surface area contributed by atoms with Gasteiger partial charge >= 0.3 is 0 Å². The molecular formula is C25H24FN5O2S. The molecule has 34 heavy (non-hydrogen) atoms. The zero-order valence-corrected chi connectivity index (χ0v) is 19.7. The Labute approximate surface area is 201 Å². The molecule has 0 spiro atoms. The molecule has 0 aliphatic carbocycles. The van der Waals surface area contributed by atoms with E-state index in [-0.39, 0.29) is 17.0 Å². The third kappa shape index (κ3) is 4.48. The molecule has 174 valence electrons. The highest BCUT2D eigenvalue weighted by atomic mass is 32.2. The second kappa shape index (κ2) is 9.80. The molecule has 0 amide bonds. The summed E-state index contributed by atoms with van der Waals surface area (Å²) in [5.41, 5.74) is 2.75. The molecule has 4 aromatic rings. The molecule has 1 aromatic carbocycles. The number of thioether (sulfide) groups is 1. The summed E-state index contributed by atoms with van der Waals surface area (Å²) in [6.45, 7) is 3.89. The molecule has 2 atom stereocenters. The second-order valence-corrected chi connectivity index (χ2v) is 9.05. The Balaban J connectivity index is 1.33. The van der Waals surface area contributed by atoms with Crippen molar-refractivity contribution in [3.63, 3.8) is 0 Å². The van der Waals surface area contributed by atoms with E-state index in [4.69, 9.17) is 9.47 Å². The second-order valence-electron chi connectivity index (χ2n) is 8.07. The van der Waals surface area contributed by atoms with Crippen LogP contribution in [0.1, 0.15) is 17.7 Å². The lowest BCUT2D eigenvalue weighted by molar-refractivity contribution is 0.162. The molecule has 5 rings (SSSR count). The lowest BCUT2D eigenvalue weighted by Gasteiger charge is -2.27. The first kappa shape index (κ1) is 22.3. The van der Waals surface area contributed by atoms with Crippen molar-refractivity contribution in [2.24, 2.45) is 5.92 Å². The van der Waals surface area contributed by atoms with Gasteiger partial charge in [0.05, 0.1) is 5.69 Å². The van der Waals surface area contributed by atoms with Crippen molar-refractivity contribution in [1.29, 1.82) is 0 Å². The third-order valence-electron chi connectivity index (χ3n) is 5.77. The SMILES string of the molecule is CSC(c1ccnc2c1OCCO2)[C@H](C)CNc1cc(-c2cc(F)c3ncccc3c2)ncn1. The number of anilines is 1. The Bertz CT molecular complexity index is 1320. The van der Waals surface area contributed by atoms with E-state index in [0.717, 1.165) is 16.7 Å². The van der Waals surface area contributed by atoms with E-state index in [1.807, 2.05) is 24.3 Å². The summed E-state index contributed by atoms with van der Waals surface area (Å²) in [4.78, 5) is 17.1. The number of rotatable bonds is 7. The van der Waals surface area contributed by atoms with Gasteiger partial charge in [-0.05, 0) is 36.4 Å². The van der Waals surface area contributed by atoms with Gasteiger partial charge < -0.3 is 14.8 Å². The van der Waals surface area contributed by atoms with Crippen molar-refractivity contribution in [2.75, 3.05) is 31.3 Å². The molecule has 1 unspecified atom stereocenters. The van der Waals surface area contributed by atoms with E-state index < -0.39 is 0 Å². The average Bonchev–Trinajstić information content (AvgIpc) is 2.88. The standard InChI is InChI=1S/C25H24FN5O2S/c1-15(24(34-2)18-5-7-28-25-23(18)32-8-9-33-25)13-29-21-12-20(30-14-31-21)17-10-16-4-3-6-27-22(16)19(26)11-17/h3-7,10-12,14-15,24H,8-9,13H2,1-2H3,(H,29,30,31)/t15-,24?/m1/s1. The molecular weight excluding hydrogens is 453 g/mol. The van der Waals surface area contributed by atoms with Gasteiger partial charge in [0, 0.05) is 46.8 Å². The molecule has 1 aliphatic heterocycles. The maximum absolute atomic E-state index is 14.5. The van der Waals surface area contributed by atoms with Crippen molar-refractivity contribution in [3.05, 3.63) is 66.5 Å².